The van der Waals surface area contributed by atoms with Crippen LogP contribution in [0.3, 0.4) is 0 Å². The van der Waals surface area contributed by atoms with Gasteiger partial charge in [-0.2, -0.15) is 0 Å². The molecular weight excluding hydrogens is 376 g/mol. The maximum atomic E-state index is 12.7. The van der Waals surface area contributed by atoms with E-state index in [0.717, 1.165) is 38.5 Å². The minimum absolute atomic E-state index is 0.0205. The molecule has 3 aliphatic rings. The average molecular weight is 413 g/mol. The number of amides is 2. The summed E-state index contributed by atoms with van der Waals surface area (Å²) in [5.41, 5.74) is 0.737. The van der Waals surface area contributed by atoms with Crippen molar-refractivity contribution in [3.05, 3.63) is 35.9 Å². The first kappa shape index (κ1) is 21.4. The van der Waals surface area contributed by atoms with Gasteiger partial charge in [0.05, 0.1) is 6.10 Å². The molecule has 0 unspecified atom stereocenters. The Morgan fingerprint density at radius 3 is 2.40 bits per heavy atom. The highest BCUT2D eigenvalue weighted by molar-refractivity contribution is 5.94. The predicted octanol–water partition coefficient (Wildman–Crippen LogP) is 3.52. The smallest absolute Gasteiger partial charge is 0.251 e. The lowest BCUT2D eigenvalue weighted by Crippen LogP contribution is -2.58. The second kappa shape index (κ2) is 8.33. The molecule has 3 fully saturated rings. The SMILES string of the molecule is C[C@@H]1[C@@H]2[C@@H](O)[C@@H]([C@H](C)C(=O)NC3CC3)CC[C@]2(C)CC[C@@H]1NC(=O)c1ccccc1. The molecule has 3 aliphatic carbocycles. The minimum atomic E-state index is -0.518. The van der Waals surface area contributed by atoms with Gasteiger partial charge in [-0.25, -0.2) is 0 Å². The maximum Gasteiger partial charge on any atom is 0.251 e. The van der Waals surface area contributed by atoms with Gasteiger partial charge in [-0.3, -0.25) is 9.59 Å². The van der Waals surface area contributed by atoms with Gasteiger partial charge in [0.1, 0.15) is 0 Å². The van der Waals surface area contributed by atoms with Crippen molar-refractivity contribution >= 4 is 11.8 Å². The average Bonchev–Trinajstić information content (AvgIpc) is 3.54. The monoisotopic (exact) mass is 412 g/mol. The zero-order chi connectivity index (χ0) is 21.5. The lowest BCUT2D eigenvalue weighted by Gasteiger charge is -2.56. The van der Waals surface area contributed by atoms with Gasteiger partial charge in [0.25, 0.3) is 5.91 Å². The molecular formula is C25H36N2O3. The van der Waals surface area contributed by atoms with E-state index < -0.39 is 6.10 Å². The highest BCUT2D eigenvalue weighted by Crippen LogP contribution is 2.55. The Labute approximate surface area is 180 Å². The molecule has 0 radical (unpaired) electrons. The first-order valence-electron chi connectivity index (χ1n) is 11.6. The highest BCUT2D eigenvalue weighted by atomic mass is 16.3. The number of benzene rings is 1. The third kappa shape index (κ3) is 4.14. The van der Waals surface area contributed by atoms with Crippen molar-refractivity contribution in [2.75, 3.05) is 0 Å². The van der Waals surface area contributed by atoms with Gasteiger partial charge >= 0.3 is 0 Å². The number of rotatable bonds is 5. The van der Waals surface area contributed by atoms with E-state index in [9.17, 15) is 14.7 Å². The van der Waals surface area contributed by atoms with E-state index in [4.69, 9.17) is 0 Å². The molecule has 5 heteroatoms. The summed E-state index contributed by atoms with van der Waals surface area (Å²) in [7, 11) is 0. The summed E-state index contributed by atoms with van der Waals surface area (Å²) in [4.78, 5) is 25.4. The van der Waals surface area contributed by atoms with Crippen molar-refractivity contribution in [3.63, 3.8) is 0 Å². The fourth-order valence-electron chi connectivity index (χ4n) is 6.09. The van der Waals surface area contributed by atoms with E-state index in [2.05, 4.69) is 24.5 Å². The topological polar surface area (TPSA) is 78.4 Å². The molecule has 30 heavy (non-hydrogen) atoms. The van der Waals surface area contributed by atoms with Crippen LogP contribution in [0.5, 0.6) is 0 Å². The van der Waals surface area contributed by atoms with E-state index in [-0.39, 0.29) is 46.9 Å². The predicted molar refractivity (Wildman–Crippen MR) is 117 cm³/mol. The van der Waals surface area contributed by atoms with Gasteiger partial charge in [0, 0.05) is 23.6 Å². The first-order valence-corrected chi connectivity index (χ1v) is 11.6. The number of aliphatic hydroxyl groups is 1. The molecule has 0 aromatic heterocycles. The Balaban J connectivity index is 1.46. The molecule has 3 saturated carbocycles. The van der Waals surface area contributed by atoms with E-state index in [0.29, 0.717) is 11.6 Å². The summed E-state index contributed by atoms with van der Waals surface area (Å²) in [6.45, 7) is 6.42. The number of hydrogen-bond donors (Lipinski definition) is 3. The molecule has 1 aromatic rings. The fourth-order valence-corrected chi connectivity index (χ4v) is 6.09. The van der Waals surface area contributed by atoms with Crippen LogP contribution in [0.15, 0.2) is 30.3 Å². The summed E-state index contributed by atoms with van der Waals surface area (Å²) in [5.74, 6) is 0.0808. The van der Waals surface area contributed by atoms with Crippen LogP contribution >= 0.6 is 0 Å². The summed E-state index contributed by atoms with van der Waals surface area (Å²) < 4.78 is 0. The number of nitrogens with one attached hydrogen (secondary N) is 2. The van der Waals surface area contributed by atoms with Crippen molar-refractivity contribution in [3.8, 4) is 0 Å². The molecule has 0 bridgehead atoms. The van der Waals surface area contributed by atoms with Crippen LogP contribution in [-0.4, -0.2) is 35.1 Å². The first-order chi connectivity index (χ1) is 14.3. The molecule has 0 spiro atoms. The number of carbonyl (C=O) groups is 2. The molecule has 2 amide bonds. The fraction of sp³-hybridized carbons (Fsp3) is 0.680. The Morgan fingerprint density at radius 1 is 1.07 bits per heavy atom. The molecule has 4 rings (SSSR count). The quantitative estimate of drug-likeness (QED) is 0.692. The highest BCUT2D eigenvalue weighted by Gasteiger charge is 2.54. The van der Waals surface area contributed by atoms with Crippen molar-refractivity contribution in [2.45, 2.75) is 77.5 Å². The summed E-state index contributed by atoms with van der Waals surface area (Å²) in [5, 5.41) is 17.8. The van der Waals surface area contributed by atoms with Gasteiger partial charge in [-0.1, -0.05) is 39.0 Å². The number of hydrogen-bond acceptors (Lipinski definition) is 3. The molecule has 0 heterocycles. The van der Waals surface area contributed by atoms with E-state index >= 15 is 0 Å². The minimum Gasteiger partial charge on any atom is -0.392 e. The third-order valence-electron chi connectivity index (χ3n) is 8.22. The molecule has 5 nitrogen and oxygen atoms in total. The largest absolute Gasteiger partial charge is 0.392 e. The molecule has 3 N–H and O–H groups in total. The molecule has 0 aliphatic heterocycles. The maximum absolute atomic E-state index is 12.7. The molecule has 0 saturated heterocycles. The van der Waals surface area contributed by atoms with Crippen LogP contribution < -0.4 is 10.6 Å². The third-order valence-corrected chi connectivity index (χ3v) is 8.22. The lowest BCUT2D eigenvalue weighted by atomic mass is 9.51. The molecule has 7 atom stereocenters. The molecule has 1 aromatic carbocycles. The van der Waals surface area contributed by atoms with Crippen LogP contribution in [0.25, 0.3) is 0 Å². The summed E-state index contributed by atoms with van der Waals surface area (Å²) in [6.07, 6.45) is 5.48. The normalized spacial score (nSPS) is 37.0. The Morgan fingerprint density at radius 2 is 1.73 bits per heavy atom. The zero-order valence-corrected chi connectivity index (χ0v) is 18.4. The Hall–Kier alpha value is -1.88. The van der Waals surface area contributed by atoms with Gasteiger partial charge in [-0.05, 0) is 73.8 Å². The van der Waals surface area contributed by atoms with Crippen LogP contribution in [0.2, 0.25) is 0 Å². The summed E-state index contributed by atoms with van der Waals surface area (Å²) >= 11 is 0. The van der Waals surface area contributed by atoms with Crippen LogP contribution in [0.1, 0.15) is 69.7 Å². The van der Waals surface area contributed by atoms with E-state index in [1.807, 2.05) is 37.3 Å². The van der Waals surface area contributed by atoms with Crippen molar-refractivity contribution < 1.29 is 14.7 Å². The molecule has 164 valence electrons. The van der Waals surface area contributed by atoms with Gasteiger partial charge in [-0.15, -0.1) is 0 Å². The summed E-state index contributed by atoms with van der Waals surface area (Å²) in [6, 6.07) is 9.71. The standard InChI is InChI=1S/C25H36N2O3/c1-15(23(29)26-18-9-10-18)19-11-13-25(3)14-12-20(16(2)21(25)22(19)28)27-24(30)17-7-5-4-6-8-17/h4-8,15-16,18-22,28H,9-14H2,1-3H3,(H,26,29)(H,27,30)/t15-,16-,19+,20-,21+,22-,25+/m0/s1. The van der Waals surface area contributed by atoms with E-state index in [1.54, 1.807) is 0 Å². The van der Waals surface area contributed by atoms with Crippen molar-refractivity contribution in [1.82, 2.24) is 10.6 Å². The Kier molecular flexibility index (Phi) is 5.93. The lowest BCUT2D eigenvalue weighted by molar-refractivity contribution is -0.142. The van der Waals surface area contributed by atoms with E-state index in [1.165, 1.54) is 0 Å². The van der Waals surface area contributed by atoms with Gasteiger partial charge in [0.15, 0.2) is 0 Å². The van der Waals surface area contributed by atoms with Gasteiger partial charge in [0.2, 0.25) is 5.91 Å². The van der Waals surface area contributed by atoms with Gasteiger partial charge < -0.3 is 15.7 Å². The second-order valence-corrected chi connectivity index (χ2v) is 10.3. The Bertz CT molecular complexity index is 778. The zero-order valence-electron chi connectivity index (χ0n) is 18.4. The van der Waals surface area contributed by atoms with Crippen LogP contribution in [0.4, 0.5) is 0 Å². The second-order valence-electron chi connectivity index (χ2n) is 10.3. The van der Waals surface area contributed by atoms with Crippen molar-refractivity contribution in [1.29, 1.82) is 0 Å². The number of fused-ring (bicyclic) bond motifs is 1. The van der Waals surface area contributed by atoms with Crippen LogP contribution in [-0.2, 0) is 4.79 Å². The van der Waals surface area contributed by atoms with Crippen LogP contribution in [0, 0.1) is 29.1 Å². The number of carbonyl (C=O) groups excluding carboxylic acids is 2. The van der Waals surface area contributed by atoms with Crippen molar-refractivity contribution in [2.24, 2.45) is 29.1 Å². The number of aliphatic hydroxyl groups excluding tert-OH is 1.